The summed E-state index contributed by atoms with van der Waals surface area (Å²) < 4.78 is 76.4. The molecule has 1 aromatic rings. The van der Waals surface area contributed by atoms with E-state index in [0.717, 1.165) is 0 Å². The van der Waals surface area contributed by atoms with Gasteiger partial charge in [-0.15, -0.1) is 0 Å². The quantitative estimate of drug-likeness (QED) is 0.811. The Balaban J connectivity index is 2.35. The van der Waals surface area contributed by atoms with Crippen LogP contribution in [0.3, 0.4) is 0 Å². The summed E-state index contributed by atoms with van der Waals surface area (Å²) in [4.78, 5) is 11.9. The van der Waals surface area contributed by atoms with Crippen molar-refractivity contribution in [1.82, 2.24) is 5.32 Å². The number of carbonyl (C=O) groups excluding carboxylic acids is 1. The Bertz CT molecular complexity index is 564. The fourth-order valence-corrected chi connectivity index (χ4v) is 2.45. The molecule has 2 atom stereocenters. The molecule has 0 spiro atoms. The molecule has 1 aromatic carbocycles. The standard InChI is InChI=1S/C14H13F6NO2/c15-13(16,17)8-4-7(5-9(6-8)14(18,19)20)12(23)21-10-2-1-3-11(10)22/h4-6,10-11,22H,1-3H2,(H,21,23)/t10-,11+/m1/s1. The highest BCUT2D eigenvalue weighted by Gasteiger charge is 2.38. The minimum atomic E-state index is -5.01. The minimum absolute atomic E-state index is 0.0405. The van der Waals surface area contributed by atoms with E-state index in [0.29, 0.717) is 31.4 Å². The molecule has 3 nitrogen and oxygen atoms in total. The molecule has 0 radical (unpaired) electrons. The number of aliphatic hydroxyl groups is 1. The molecule has 0 saturated heterocycles. The van der Waals surface area contributed by atoms with Crippen LogP contribution in [0.1, 0.15) is 40.7 Å². The molecule has 2 N–H and O–H groups in total. The van der Waals surface area contributed by atoms with E-state index in [9.17, 15) is 36.2 Å². The Kier molecular flexibility index (Phi) is 4.61. The lowest BCUT2D eigenvalue weighted by atomic mass is 10.0. The molecule has 23 heavy (non-hydrogen) atoms. The van der Waals surface area contributed by atoms with E-state index in [1.807, 2.05) is 0 Å². The molecular formula is C14H13F6NO2. The maximum Gasteiger partial charge on any atom is 0.416 e. The SMILES string of the molecule is O=C(N[C@@H]1CCC[C@@H]1O)c1cc(C(F)(F)F)cc(C(F)(F)F)c1. The zero-order valence-corrected chi connectivity index (χ0v) is 11.6. The summed E-state index contributed by atoms with van der Waals surface area (Å²) in [5.74, 6) is -1.08. The Morgan fingerprint density at radius 3 is 1.91 bits per heavy atom. The average molecular weight is 341 g/mol. The maximum atomic E-state index is 12.7. The van der Waals surface area contributed by atoms with Crippen molar-refractivity contribution < 1.29 is 36.2 Å². The van der Waals surface area contributed by atoms with Gasteiger partial charge in [-0.05, 0) is 37.5 Å². The number of carbonyl (C=O) groups is 1. The van der Waals surface area contributed by atoms with Crippen molar-refractivity contribution in [2.45, 2.75) is 43.8 Å². The molecule has 1 aliphatic carbocycles. The van der Waals surface area contributed by atoms with Crippen LogP contribution in [0.2, 0.25) is 0 Å². The van der Waals surface area contributed by atoms with E-state index >= 15 is 0 Å². The Morgan fingerprint density at radius 1 is 1.00 bits per heavy atom. The molecule has 0 aliphatic heterocycles. The number of hydrogen-bond acceptors (Lipinski definition) is 2. The summed E-state index contributed by atoms with van der Waals surface area (Å²) in [7, 11) is 0. The van der Waals surface area contributed by atoms with Crippen LogP contribution >= 0.6 is 0 Å². The molecule has 1 saturated carbocycles. The van der Waals surface area contributed by atoms with Crippen LogP contribution in [0.25, 0.3) is 0 Å². The number of amides is 1. The third kappa shape index (κ3) is 4.15. The van der Waals surface area contributed by atoms with Crippen molar-refractivity contribution in [2.75, 3.05) is 0 Å². The molecule has 0 aromatic heterocycles. The molecule has 0 unspecified atom stereocenters. The van der Waals surface area contributed by atoms with Crippen LogP contribution in [0.15, 0.2) is 18.2 Å². The smallest absolute Gasteiger partial charge is 0.391 e. The van der Waals surface area contributed by atoms with Crippen LogP contribution < -0.4 is 5.32 Å². The van der Waals surface area contributed by atoms with Crippen LogP contribution in [0.5, 0.6) is 0 Å². The zero-order chi connectivity index (χ0) is 17.4. The van der Waals surface area contributed by atoms with Crippen molar-refractivity contribution in [3.8, 4) is 0 Å². The van der Waals surface area contributed by atoms with Crippen molar-refractivity contribution in [2.24, 2.45) is 0 Å². The number of rotatable bonds is 2. The van der Waals surface area contributed by atoms with Gasteiger partial charge in [0.2, 0.25) is 0 Å². The molecular weight excluding hydrogens is 328 g/mol. The van der Waals surface area contributed by atoms with Gasteiger partial charge in [0.15, 0.2) is 0 Å². The maximum absolute atomic E-state index is 12.7. The second kappa shape index (κ2) is 6.03. The predicted octanol–water partition coefficient (Wildman–Crippen LogP) is 3.37. The van der Waals surface area contributed by atoms with Crippen LogP contribution in [0, 0.1) is 0 Å². The van der Waals surface area contributed by atoms with E-state index in [-0.39, 0.29) is 6.07 Å². The van der Waals surface area contributed by atoms with Crippen LogP contribution in [0.4, 0.5) is 26.3 Å². The first-order valence-electron chi connectivity index (χ1n) is 6.77. The van der Waals surface area contributed by atoms with Crippen molar-refractivity contribution in [3.63, 3.8) is 0 Å². The molecule has 9 heteroatoms. The predicted molar refractivity (Wildman–Crippen MR) is 67.6 cm³/mol. The third-order valence-corrected chi connectivity index (χ3v) is 3.65. The molecule has 128 valence electrons. The summed E-state index contributed by atoms with van der Waals surface area (Å²) in [6.07, 6.45) is -9.43. The Hall–Kier alpha value is -1.77. The third-order valence-electron chi connectivity index (χ3n) is 3.65. The second-order valence-electron chi connectivity index (χ2n) is 5.37. The number of halogens is 6. The van der Waals surface area contributed by atoms with Gasteiger partial charge in [0, 0.05) is 5.56 Å². The fraction of sp³-hybridized carbons (Fsp3) is 0.500. The van der Waals surface area contributed by atoms with Crippen molar-refractivity contribution in [3.05, 3.63) is 34.9 Å². The molecule has 2 rings (SSSR count). The molecule has 1 aliphatic rings. The van der Waals surface area contributed by atoms with E-state index in [1.54, 1.807) is 0 Å². The van der Waals surface area contributed by atoms with E-state index in [1.165, 1.54) is 0 Å². The summed E-state index contributed by atoms with van der Waals surface area (Å²) in [5.41, 5.74) is -3.85. The number of alkyl halides is 6. The zero-order valence-electron chi connectivity index (χ0n) is 11.6. The van der Waals surface area contributed by atoms with Gasteiger partial charge in [0.25, 0.3) is 5.91 Å². The van der Waals surface area contributed by atoms with Gasteiger partial charge in [0.1, 0.15) is 0 Å². The van der Waals surface area contributed by atoms with Gasteiger partial charge in [0.05, 0.1) is 23.3 Å². The number of aliphatic hydroxyl groups excluding tert-OH is 1. The highest BCUT2D eigenvalue weighted by molar-refractivity contribution is 5.95. The highest BCUT2D eigenvalue weighted by Crippen LogP contribution is 2.36. The van der Waals surface area contributed by atoms with Gasteiger partial charge < -0.3 is 10.4 Å². The largest absolute Gasteiger partial charge is 0.416 e. The lowest BCUT2D eigenvalue weighted by Gasteiger charge is -2.18. The summed E-state index contributed by atoms with van der Waals surface area (Å²) in [5, 5.41) is 11.9. The topological polar surface area (TPSA) is 49.3 Å². The second-order valence-corrected chi connectivity index (χ2v) is 5.37. The number of nitrogens with one attached hydrogen (secondary N) is 1. The Morgan fingerprint density at radius 2 is 1.52 bits per heavy atom. The Labute approximate surface area is 127 Å². The minimum Gasteiger partial charge on any atom is -0.391 e. The molecule has 0 bridgehead atoms. The van der Waals surface area contributed by atoms with Gasteiger partial charge in [-0.1, -0.05) is 0 Å². The first-order valence-corrected chi connectivity index (χ1v) is 6.77. The summed E-state index contributed by atoms with van der Waals surface area (Å²) >= 11 is 0. The van der Waals surface area contributed by atoms with Crippen LogP contribution in [-0.4, -0.2) is 23.2 Å². The van der Waals surface area contributed by atoms with E-state index in [2.05, 4.69) is 5.32 Å². The van der Waals surface area contributed by atoms with Gasteiger partial charge >= 0.3 is 12.4 Å². The normalized spacial score (nSPS) is 22.2. The molecule has 0 heterocycles. The summed E-state index contributed by atoms with van der Waals surface area (Å²) in [6, 6.07) is 0.0188. The molecule has 1 amide bonds. The average Bonchev–Trinajstić information content (AvgIpc) is 2.82. The highest BCUT2D eigenvalue weighted by atomic mass is 19.4. The summed E-state index contributed by atoms with van der Waals surface area (Å²) in [6.45, 7) is 0. The van der Waals surface area contributed by atoms with Crippen LogP contribution in [-0.2, 0) is 12.4 Å². The first kappa shape index (κ1) is 17.6. The first-order chi connectivity index (χ1) is 10.5. The van der Waals surface area contributed by atoms with Gasteiger partial charge in [-0.3, -0.25) is 4.79 Å². The van der Waals surface area contributed by atoms with Crippen molar-refractivity contribution >= 4 is 5.91 Å². The van der Waals surface area contributed by atoms with Crippen molar-refractivity contribution in [1.29, 1.82) is 0 Å². The lowest BCUT2D eigenvalue weighted by Crippen LogP contribution is -2.40. The van der Waals surface area contributed by atoms with Gasteiger partial charge in [-0.2, -0.15) is 26.3 Å². The molecule has 1 fully saturated rings. The number of benzene rings is 1. The lowest BCUT2D eigenvalue weighted by molar-refractivity contribution is -0.143. The fourth-order valence-electron chi connectivity index (χ4n) is 2.45. The number of hydrogen-bond donors (Lipinski definition) is 2. The van der Waals surface area contributed by atoms with E-state index < -0.39 is 47.1 Å². The monoisotopic (exact) mass is 341 g/mol. The van der Waals surface area contributed by atoms with Gasteiger partial charge in [-0.25, -0.2) is 0 Å². The van der Waals surface area contributed by atoms with E-state index in [4.69, 9.17) is 0 Å².